The molecule has 0 bridgehead atoms. The molecule has 0 heterocycles. The van der Waals surface area contributed by atoms with Gasteiger partial charge in [-0.05, 0) is 28.5 Å². The smallest absolute Gasteiger partial charge is 0.160 e. The highest BCUT2D eigenvalue weighted by Crippen LogP contribution is 2.25. The van der Waals surface area contributed by atoms with Gasteiger partial charge in [-0.15, -0.1) is 0 Å². The molecule has 0 unspecified atom stereocenters. The normalized spacial score (nSPS) is 10.9. The molecule has 0 fully saturated rings. The van der Waals surface area contributed by atoms with E-state index in [1.165, 1.54) is 10.8 Å². The number of ketones is 1. The molecule has 0 aliphatic heterocycles. The Balaban J connectivity index is 2.41. The lowest BCUT2D eigenvalue weighted by atomic mass is 9.99. The third kappa shape index (κ3) is 1.60. The van der Waals surface area contributed by atoms with Gasteiger partial charge in [0.1, 0.15) is 0 Å². The van der Waals surface area contributed by atoms with Crippen LogP contribution in [-0.4, -0.2) is 5.78 Å². The first-order valence-electron chi connectivity index (χ1n) is 5.60. The van der Waals surface area contributed by atoms with Crippen LogP contribution >= 0.6 is 0 Å². The van der Waals surface area contributed by atoms with Gasteiger partial charge in [-0.3, -0.25) is 4.79 Å². The number of Topliss-reactive ketones (excluding diaryl/α,β-unsaturated/α-hetero) is 1. The van der Waals surface area contributed by atoms with E-state index >= 15 is 0 Å². The van der Waals surface area contributed by atoms with Crippen LogP contribution in [0.25, 0.3) is 21.5 Å². The van der Waals surface area contributed by atoms with Crippen LogP contribution in [0, 0.1) is 6.07 Å². The SMILES string of the molecule is CC(=O)c1[c]c2ccc3ccccc3c2cc1. The van der Waals surface area contributed by atoms with Gasteiger partial charge < -0.3 is 0 Å². The largest absolute Gasteiger partial charge is 0.294 e. The van der Waals surface area contributed by atoms with Crippen molar-refractivity contribution in [1.29, 1.82) is 0 Å². The highest BCUT2D eigenvalue weighted by atomic mass is 16.1. The molecule has 0 aliphatic carbocycles. The number of benzene rings is 3. The van der Waals surface area contributed by atoms with Gasteiger partial charge in [-0.25, -0.2) is 0 Å². The highest BCUT2D eigenvalue weighted by Gasteiger charge is 2.04. The summed E-state index contributed by atoms with van der Waals surface area (Å²) in [6.07, 6.45) is 0. The van der Waals surface area contributed by atoms with Crippen molar-refractivity contribution in [3.63, 3.8) is 0 Å². The van der Waals surface area contributed by atoms with Crippen LogP contribution in [0.15, 0.2) is 48.5 Å². The van der Waals surface area contributed by atoms with Crippen molar-refractivity contribution in [1.82, 2.24) is 0 Å². The molecule has 17 heavy (non-hydrogen) atoms. The van der Waals surface area contributed by atoms with E-state index in [1.54, 1.807) is 6.92 Å². The fourth-order valence-electron chi connectivity index (χ4n) is 2.14. The number of carbonyl (C=O) groups is 1. The zero-order chi connectivity index (χ0) is 11.8. The lowest BCUT2D eigenvalue weighted by Gasteiger charge is -2.04. The van der Waals surface area contributed by atoms with Crippen molar-refractivity contribution in [2.75, 3.05) is 0 Å². The number of fused-ring (bicyclic) bond motifs is 3. The molecular weight excluding hydrogens is 208 g/mol. The third-order valence-corrected chi connectivity index (χ3v) is 3.04. The van der Waals surface area contributed by atoms with Crippen LogP contribution < -0.4 is 0 Å². The van der Waals surface area contributed by atoms with E-state index < -0.39 is 0 Å². The lowest BCUT2D eigenvalue weighted by Crippen LogP contribution is -1.91. The monoisotopic (exact) mass is 219 g/mol. The maximum Gasteiger partial charge on any atom is 0.160 e. The molecule has 81 valence electrons. The average Bonchev–Trinajstić information content (AvgIpc) is 2.38. The van der Waals surface area contributed by atoms with E-state index in [0.717, 1.165) is 10.8 Å². The Morgan fingerprint density at radius 2 is 1.76 bits per heavy atom. The average molecular weight is 219 g/mol. The topological polar surface area (TPSA) is 17.1 Å². The van der Waals surface area contributed by atoms with Gasteiger partial charge in [-0.1, -0.05) is 48.5 Å². The molecule has 0 aromatic heterocycles. The summed E-state index contributed by atoms with van der Waals surface area (Å²) in [5.41, 5.74) is 0.646. The van der Waals surface area contributed by atoms with Crippen LogP contribution in [0.4, 0.5) is 0 Å². The summed E-state index contributed by atoms with van der Waals surface area (Å²) in [5.74, 6) is 0.0556. The Kier molecular flexibility index (Phi) is 2.19. The first kappa shape index (κ1) is 10.0. The summed E-state index contributed by atoms with van der Waals surface area (Å²) in [4.78, 5) is 11.3. The van der Waals surface area contributed by atoms with Crippen LogP contribution in [0.1, 0.15) is 17.3 Å². The van der Waals surface area contributed by atoms with Gasteiger partial charge in [0.05, 0.1) is 0 Å². The molecule has 1 heteroatoms. The summed E-state index contributed by atoms with van der Waals surface area (Å²) in [7, 11) is 0. The zero-order valence-electron chi connectivity index (χ0n) is 9.53. The predicted octanol–water partition coefficient (Wildman–Crippen LogP) is 4.00. The second kappa shape index (κ2) is 3.70. The second-order valence-electron chi connectivity index (χ2n) is 4.18. The number of carbonyl (C=O) groups excluding carboxylic acids is 1. The van der Waals surface area contributed by atoms with Crippen LogP contribution in [0.5, 0.6) is 0 Å². The lowest BCUT2D eigenvalue weighted by molar-refractivity contribution is 0.101. The van der Waals surface area contributed by atoms with Crippen molar-refractivity contribution < 1.29 is 4.79 Å². The molecule has 0 amide bonds. The molecule has 0 saturated heterocycles. The van der Waals surface area contributed by atoms with Crippen molar-refractivity contribution in [3.8, 4) is 0 Å². The van der Waals surface area contributed by atoms with E-state index in [1.807, 2.05) is 30.3 Å². The van der Waals surface area contributed by atoms with Gasteiger partial charge in [0, 0.05) is 11.6 Å². The number of hydrogen-bond acceptors (Lipinski definition) is 1. The summed E-state index contributed by atoms with van der Waals surface area (Å²) in [5, 5.41) is 4.56. The number of hydrogen-bond donors (Lipinski definition) is 0. The summed E-state index contributed by atoms with van der Waals surface area (Å²) in [6, 6.07) is 19.3. The molecule has 3 rings (SSSR count). The van der Waals surface area contributed by atoms with Crippen LogP contribution in [0.3, 0.4) is 0 Å². The highest BCUT2D eigenvalue weighted by molar-refractivity contribution is 6.09. The Hall–Kier alpha value is -2.15. The molecule has 0 spiro atoms. The van der Waals surface area contributed by atoms with E-state index in [0.29, 0.717) is 5.56 Å². The van der Waals surface area contributed by atoms with Gasteiger partial charge in [0.2, 0.25) is 0 Å². The number of rotatable bonds is 1. The van der Waals surface area contributed by atoms with Gasteiger partial charge in [-0.2, -0.15) is 0 Å². The third-order valence-electron chi connectivity index (χ3n) is 3.04. The summed E-state index contributed by atoms with van der Waals surface area (Å²) in [6.45, 7) is 1.57. The quantitative estimate of drug-likeness (QED) is 0.446. The molecular formula is C16H11O. The minimum Gasteiger partial charge on any atom is -0.294 e. The molecule has 0 N–H and O–H groups in total. The Morgan fingerprint density at radius 3 is 2.59 bits per heavy atom. The molecule has 3 aromatic carbocycles. The zero-order valence-corrected chi connectivity index (χ0v) is 9.53. The van der Waals surface area contributed by atoms with E-state index in [2.05, 4.69) is 24.3 Å². The molecule has 0 atom stereocenters. The summed E-state index contributed by atoms with van der Waals surface area (Å²) >= 11 is 0. The Morgan fingerprint density at radius 1 is 0.941 bits per heavy atom. The summed E-state index contributed by atoms with van der Waals surface area (Å²) < 4.78 is 0. The minimum atomic E-state index is 0.0556. The van der Waals surface area contributed by atoms with Crippen LogP contribution in [0.2, 0.25) is 0 Å². The first-order valence-corrected chi connectivity index (χ1v) is 5.60. The first-order chi connectivity index (χ1) is 8.25. The predicted molar refractivity (Wildman–Crippen MR) is 70.3 cm³/mol. The Bertz CT molecular complexity index is 726. The van der Waals surface area contributed by atoms with Crippen molar-refractivity contribution in [2.45, 2.75) is 6.92 Å². The fraction of sp³-hybridized carbons (Fsp3) is 0.0625. The molecule has 1 nitrogen and oxygen atoms in total. The molecule has 3 aromatic rings. The molecule has 0 aliphatic rings. The molecule has 0 saturated carbocycles. The maximum absolute atomic E-state index is 11.3. The second-order valence-corrected chi connectivity index (χ2v) is 4.18. The molecule has 1 radical (unpaired) electrons. The van der Waals surface area contributed by atoms with E-state index in [4.69, 9.17) is 0 Å². The maximum atomic E-state index is 11.3. The van der Waals surface area contributed by atoms with Gasteiger partial charge in [0.15, 0.2) is 5.78 Å². The van der Waals surface area contributed by atoms with E-state index in [9.17, 15) is 4.79 Å². The van der Waals surface area contributed by atoms with Crippen LogP contribution in [-0.2, 0) is 0 Å². The van der Waals surface area contributed by atoms with Crippen molar-refractivity contribution in [2.24, 2.45) is 0 Å². The van der Waals surface area contributed by atoms with Gasteiger partial charge in [0.25, 0.3) is 0 Å². The van der Waals surface area contributed by atoms with Crippen molar-refractivity contribution >= 4 is 27.3 Å². The Labute approximate surface area is 99.7 Å². The van der Waals surface area contributed by atoms with E-state index in [-0.39, 0.29) is 5.78 Å². The van der Waals surface area contributed by atoms with Gasteiger partial charge >= 0.3 is 0 Å². The fourth-order valence-corrected chi connectivity index (χ4v) is 2.14. The van der Waals surface area contributed by atoms with Crippen molar-refractivity contribution in [3.05, 3.63) is 60.2 Å². The minimum absolute atomic E-state index is 0.0556. The standard InChI is InChI=1S/C16H11O/c1-11(17)13-8-9-16-14(10-13)7-6-12-4-2-3-5-15(12)16/h2-9H,1H3.